The van der Waals surface area contributed by atoms with Crippen LogP contribution in [0.4, 0.5) is 13.2 Å². The summed E-state index contributed by atoms with van der Waals surface area (Å²) in [7, 11) is 0. The summed E-state index contributed by atoms with van der Waals surface area (Å²) in [4.78, 5) is 14.4. The van der Waals surface area contributed by atoms with Crippen LogP contribution in [-0.4, -0.2) is 11.9 Å². The van der Waals surface area contributed by atoms with Gasteiger partial charge in [-0.05, 0) is 18.1 Å². The van der Waals surface area contributed by atoms with Gasteiger partial charge in [-0.1, -0.05) is 18.2 Å². The van der Waals surface area contributed by atoms with Crippen LogP contribution in [0.5, 0.6) is 0 Å². The van der Waals surface area contributed by atoms with Crippen molar-refractivity contribution in [3.05, 3.63) is 35.4 Å². The number of carbonyl (C=O) groups is 1. The highest BCUT2D eigenvalue weighted by Crippen LogP contribution is 2.29. The minimum atomic E-state index is -4.39. The van der Waals surface area contributed by atoms with E-state index in [0.717, 1.165) is 12.1 Å². The van der Waals surface area contributed by atoms with Gasteiger partial charge in [-0.3, -0.25) is 4.79 Å². The zero-order chi connectivity index (χ0) is 13.8. The second-order valence-electron chi connectivity index (χ2n) is 3.63. The van der Waals surface area contributed by atoms with E-state index in [0.29, 0.717) is 5.56 Å². The number of aryl methyl sites for hydroxylation is 1. The van der Waals surface area contributed by atoms with Crippen LogP contribution in [0.3, 0.4) is 0 Å². The number of hydrogen-bond donors (Lipinski definition) is 2. The molecule has 4 nitrogen and oxygen atoms in total. The molecule has 0 spiro atoms. The Balaban J connectivity index is 2.69. The van der Waals surface area contributed by atoms with E-state index in [-0.39, 0.29) is 18.8 Å². The van der Waals surface area contributed by atoms with E-state index in [1.807, 2.05) is 0 Å². The molecule has 18 heavy (non-hydrogen) atoms. The molecule has 0 aliphatic rings. The maximum Gasteiger partial charge on any atom is 0.416 e. The van der Waals surface area contributed by atoms with Crippen LogP contribution in [0.2, 0.25) is 0 Å². The third kappa shape index (κ3) is 4.44. The highest BCUT2D eigenvalue weighted by atomic mass is 19.4. The largest absolute Gasteiger partial charge is 0.416 e. The van der Waals surface area contributed by atoms with Crippen LogP contribution in [0.25, 0.3) is 0 Å². The van der Waals surface area contributed by atoms with Crippen LogP contribution in [-0.2, 0) is 17.4 Å². The van der Waals surface area contributed by atoms with Crippen LogP contribution in [0, 0.1) is 0 Å². The molecular formula is C11H12F3N3O. The van der Waals surface area contributed by atoms with Crippen LogP contribution >= 0.6 is 0 Å². The van der Waals surface area contributed by atoms with Gasteiger partial charge in [0.1, 0.15) is 0 Å². The van der Waals surface area contributed by atoms with Crippen molar-refractivity contribution in [1.29, 1.82) is 0 Å². The Bertz CT molecular complexity index is 465. The van der Waals surface area contributed by atoms with Gasteiger partial charge < -0.3 is 11.5 Å². The summed E-state index contributed by atoms with van der Waals surface area (Å²) in [6, 6.07) is 4.78. The molecule has 0 aliphatic heterocycles. The Morgan fingerprint density at radius 1 is 1.28 bits per heavy atom. The molecular weight excluding hydrogens is 247 g/mol. The topological polar surface area (TPSA) is 81.5 Å². The molecule has 0 aliphatic carbocycles. The molecule has 7 heteroatoms. The highest BCUT2D eigenvalue weighted by molar-refractivity contribution is 5.91. The number of nitrogens with zero attached hydrogens (tertiary/aromatic N) is 1. The first kappa shape index (κ1) is 14.0. The normalized spacial score (nSPS) is 11.1. The molecule has 0 aromatic heterocycles. The second kappa shape index (κ2) is 5.52. The first-order valence-electron chi connectivity index (χ1n) is 5.07. The quantitative estimate of drug-likeness (QED) is 0.636. The third-order valence-corrected chi connectivity index (χ3v) is 2.14. The van der Waals surface area contributed by atoms with Gasteiger partial charge in [0.2, 0.25) is 5.91 Å². The Hall–Kier alpha value is -2.05. The van der Waals surface area contributed by atoms with Crippen molar-refractivity contribution >= 4 is 11.9 Å². The molecule has 0 saturated carbocycles. The highest BCUT2D eigenvalue weighted by Gasteiger charge is 2.30. The van der Waals surface area contributed by atoms with Gasteiger partial charge in [0.25, 0.3) is 0 Å². The maximum absolute atomic E-state index is 12.4. The molecule has 1 aromatic rings. The summed E-state index contributed by atoms with van der Waals surface area (Å²) < 4.78 is 37.3. The smallest absolute Gasteiger partial charge is 0.370 e. The van der Waals surface area contributed by atoms with Gasteiger partial charge in [0.05, 0.1) is 5.56 Å². The molecule has 4 N–H and O–H groups in total. The Morgan fingerprint density at radius 2 is 1.94 bits per heavy atom. The standard InChI is InChI=1S/C11H12F3N3O/c12-11(13,14)8-3-1-2-7(6-8)4-5-9(18)17-10(15)16/h1-3,6H,4-5H2,(H4,15,16,17,18). The van der Waals surface area contributed by atoms with Crippen molar-refractivity contribution in [1.82, 2.24) is 0 Å². The van der Waals surface area contributed by atoms with E-state index in [1.54, 1.807) is 0 Å². The summed E-state index contributed by atoms with van der Waals surface area (Å²) >= 11 is 0. The first-order chi connectivity index (χ1) is 8.29. The lowest BCUT2D eigenvalue weighted by atomic mass is 10.1. The van der Waals surface area contributed by atoms with E-state index >= 15 is 0 Å². The van der Waals surface area contributed by atoms with E-state index in [4.69, 9.17) is 11.5 Å². The Kier molecular flexibility index (Phi) is 4.30. The van der Waals surface area contributed by atoms with E-state index in [2.05, 4.69) is 4.99 Å². The van der Waals surface area contributed by atoms with Crippen molar-refractivity contribution in [3.8, 4) is 0 Å². The fraction of sp³-hybridized carbons (Fsp3) is 0.273. The molecule has 1 amide bonds. The van der Waals surface area contributed by atoms with E-state index < -0.39 is 17.6 Å². The molecule has 0 fully saturated rings. The maximum atomic E-state index is 12.4. The number of carbonyl (C=O) groups excluding carboxylic acids is 1. The lowest BCUT2D eigenvalue weighted by molar-refractivity contribution is -0.137. The molecule has 1 rings (SSSR count). The predicted octanol–water partition coefficient (Wildman–Crippen LogP) is 1.44. The zero-order valence-corrected chi connectivity index (χ0v) is 9.37. The summed E-state index contributed by atoms with van der Waals surface area (Å²) in [5.41, 5.74) is 9.67. The molecule has 0 radical (unpaired) electrons. The van der Waals surface area contributed by atoms with Gasteiger partial charge >= 0.3 is 6.18 Å². The minimum absolute atomic E-state index is 0.0424. The fourth-order valence-electron chi connectivity index (χ4n) is 1.35. The van der Waals surface area contributed by atoms with Gasteiger partial charge in [-0.2, -0.15) is 18.2 Å². The number of halogens is 3. The molecule has 0 heterocycles. The van der Waals surface area contributed by atoms with Gasteiger partial charge in [0.15, 0.2) is 5.96 Å². The molecule has 0 unspecified atom stereocenters. The lowest BCUT2D eigenvalue weighted by Crippen LogP contribution is -2.24. The van der Waals surface area contributed by atoms with E-state index in [1.165, 1.54) is 12.1 Å². The van der Waals surface area contributed by atoms with Gasteiger partial charge in [-0.25, -0.2) is 0 Å². The monoisotopic (exact) mass is 259 g/mol. The molecule has 1 aromatic carbocycles. The number of nitrogens with two attached hydrogens (primary N) is 2. The first-order valence-corrected chi connectivity index (χ1v) is 5.07. The van der Waals surface area contributed by atoms with Crippen molar-refractivity contribution in [2.24, 2.45) is 16.5 Å². The number of rotatable bonds is 3. The number of guanidine groups is 1. The Labute approximate surface area is 101 Å². The summed E-state index contributed by atoms with van der Waals surface area (Å²) in [5, 5.41) is 0. The SMILES string of the molecule is NC(N)=NC(=O)CCc1cccc(C(F)(F)F)c1. The minimum Gasteiger partial charge on any atom is -0.370 e. The number of benzene rings is 1. The molecule has 0 bridgehead atoms. The van der Waals surface area contributed by atoms with Crippen LogP contribution in [0.15, 0.2) is 29.3 Å². The number of hydrogen-bond acceptors (Lipinski definition) is 1. The van der Waals surface area contributed by atoms with Crippen molar-refractivity contribution < 1.29 is 18.0 Å². The third-order valence-electron chi connectivity index (χ3n) is 2.14. The van der Waals surface area contributed by atoms with Crippen molar-refractivity contribution in [2.45, 2.75) is 19.0 Å². The average Bonchev–Trinajstić information content (AvgIpc) is 2.25. The summed E-state index contributed by atoms with van der Waals surface area (Å²) in [6.45, 7) is 0. The zero-order valence-electron chi connectivity index (χ0n) is 9.37. The molecule has 0 saturated heterocycles. The summed E-state index contributed by atoms with van der Waals surface area (Å²) in [6.07, 6.45) is -4.28. The van der Waals surface area contributed by atoms with Crippen LogP contribution in [0.1, 0.15) is 17.5 Å². The fourth-order valence-corrected chi connectivity index (χ4v) is 1.35. The average molecular weight is 259 g/mol. The molecule has 0 atom stereocenters. The number of aliphatic imine (C=N–C) groups is 1. The van der Waals surface area contributed by atoms with E-state index in [9.17, 15) is 18.0 Å². The van der Waals surface area contributed by atoms with Crippen molar-refractivity contribution in [2.75, 3.05) is 0 Å². The van der Waals surface area contributed by atoms with Crippen LogP contribution < -0.4 is 11.5 Å². The van der Waals surface area contributed by atoms with Crippen molar-refractivity contribution in [3.63, 3.8) is 0 Å². The van der Waals surface area contributed by atoms with Gasteiger partial charge in [-0.15, -0.1) is 0 Å². The summed E-state index contributed by atoms with van der Waals surface area (Å²) in [5.74, 6) is -0.920. The predicted molar refractivity (Wildman–Crippen MR) is 60.6 cm³/mol. The molecule has 98 valence electrons. The number of alkyl halides is 3. The van der Waals surface area contributed by atoms with Gasteiger partial charge in [0, 0.05) is 6.42 Å². The number of amides is 1. The Morgan fingerprint density at radius 3 is 2.50 bits per heavy atom. The lowest BCUT2D eigenvalue weighted by Gasteiger charge is -2.08. The second-order valence-corrected chi connectivity index (χ2v) is 3.63.